The summed E-state index contributed by atoms with van der Waals surface area (Å²) in [6, 6.07) is 8.47. The Bertz CT molecular complexity index is 851. The Hall–Kier alpha value is -1.72. The fraction of sp³-hybridized carbons (Fsp3) is 0.444. The van der Waals surface area contributed by atoms with E-state index in [1.807, 2.05) is 4.52 Å². The summed E-state index contributed by atoms with van der Waals surface area (Å²) in [5.41, 5.74) is 4.09. The van der Waals surface area contributed by atoms with E-state index in [9.17, 15) is 5.11 Å². The van der Waals surface area contributed by atoms with Crippen molar-refractivity contribution in [2.75, 3.05) is 0 Å². The van der Waals surface area contributed by atoms with Crippen molar-refractivity contribution in [3.05, 3.63) is 40.5 Å². The molecule has 4 rings (SSSR count). The van der Waals surface area contributed by atoms with Gasteiger partial charge in [0.05, 0.1) is 18.0 Å². The van der Waals surface area contributed by atoms with E-state index in [-0.39, 0.29) is 12.0 Å². The van der Waals surface area contributed by atoms with Crippen LogP contribution in [0.5, 0.6) is 0 Å². The van der Waals surface area contributed by atoms with Crippen LogP contribution in [0.2, 0.25) is 0 Å². The highest BCUT2D eigenvalue weighted by molar-refractivity contribution is 7.16. The first-order valence-corrected chi connectivity index (χ1v) is 8.89. The predicted octanol–water partition coefficient (Wildman–Crippen LogP) is 4.13. The minimum absolute atomic E-state index is 0.0502. The molecule has 0 aliphatic heterocycles. The topological polar surface area (TPSA) is 50.4 Å². The first kappa shape index (κ1) is 14.8. The van der Waals surface area contributed by atoms with E-state index in [4.69, 9.17) is 4.98 Å². The zero-order valence-corrected chi connectivity index (χ0v) is 14.5. The van der Waals surface area contributed by atoms with Crippen LogP contribution in [0.4, 0.5) is 0 Å². The Morgan fingerprint density at radius 2 is 1.91 bits per heavy atom. The van der Waals surface area contributed by atoms with Gasteiger partial charge in [0.1, 0.15) is 5.01 Å². The molecule has 1 saturated carbocycles. The zero-order valence-electron chi connectivity index (χ0n) is 13.7. The van der Waals surface area contributed by atoms with E-state index in [2.05, 4.69) is 50.1 Å². The second-order valence-electron chi connectivity index (χ2n) is 7.30. The van der Waals surface area contributed by atoms with Crippen LogP contribution in [0.25, 0.3) is 16.2 Å². The van der Waals surface area contributed by atoms with Crippen LogP contribution in [0, 0.1) is 0 Å². The van der Waals surface area contributed by atoms with Crippen molar-refractivity contribution in [2.24, 2.45) is 0 Å². The molecule has 0 atom stereocenters. The lowest BCUT2D eigenvalue weighted by atomic mass is 9.86. The Morgan fingerprint density at radius 1 is 1.22 bits per heavy atom. The zero-order chi connectivity index (χ0) is 16.2. The van der Waals surface area contributed by atoms with E-state index in [1.54, 1.807) is 11.3 Å². The largest absolute Gasteiger partial charge is 0.390 e. The number of aliphatic hydroxyl groups is 1. The fourth-order valence-electron chi connectivity index (χ4n) is 2.80. The van der Waals surface area contributed by atoms with E-state index in [0.717, 1.165) is 26.9 Å². The van der Waals surface area contributed by atoms with Crippen LogP contribution in [0.3, 0.4) is 0 Å². The molecule has 0 bridgehead atoms. The second kappa shape index (κ2) is 5.14. The van der Waals surface area contributed by atoms with Gasteiger partial charge in [-0.05, 0) is 23.8 Å². The van der Waals surface area contributed by atoms with Crippen molar-refractivity contribution < 1.29 is 5.11 Å². The lowest BCUT2D eigenvalue weighted by Gasteiger charge is -2.19. The van der Waals surface area contributed by atoms with Crippen LogP contribution in [-0.2, 0) is 12.0 Å². The minimum atomic E-state index is -0.0502. The van der Waals surface area contributed by atoms with Gasteiger partial charge >= 0.3 is 0 Å². The molecule has 0 unspecified atom stereocenters. The van der Waals surface area contributed by atoms with Gasteiger partial charge in [-0.2, -0.15) is 5.10 Å². The number of rotatable bonds is 3. The van der Waals surface area contributed by atoms with Gasteiger partial charge in [-0.25, -0.2) is 9.50 Å². The summed E-state index contributed by atoms with van der Waals surface area (Å²) < 4.78 is 1.82. The molecule has 2 heterocycles. The van der Waals surface area contributed by atoms with Gasteiger partial charge in [0.2, 0.25) is 4.96 Å². The monoisotopic (exact) mass is 327 g/mol. The smallest absolute Gasteiger partial charge is 0.213 e. The quantitative estimate of drug-likeness (QED) is 0.787. The number of aliphatic hydroxyl groups excluding tert-OH is 1. The average molecular weight is 327 g/mol. The van der Waals surface area contributed by atoms with Gasteiger partial charge in [-0.1, -0.05) is 56.4 Å². The molecule has 120 valence electrons. The number of aromatic nitrogens is 3. The summed E-state index contributed by atoms with van der Waals surface area (Å²) in [6.07, 6.45) is 2.46. The SMILES string of the molecule is CC(C)(C)c1ccc(-c2nc3sc(C4CC4)nn3c2CO)cc1. The summed E-state index contributed by atoms with van der Waals surface area (Å²) in [7, 11) is 0. The summed E-state index contributed by atoms with van der Waals surface area (Å²) in [4.78, 5) is 5.62. The standard InChI is InChI=1S/C18H21N3OS/c1-18(2,3)13-8-6-11(7-9-13)15-14(10-22)21-17(19-15)23-16(20-21)12-4-5-12/h6-9,12,22H,4-5,10H2,1-3H3. The predicted molar refractivity (Wildman–Crippen MR) is 92.9 cm³/mol. The molecule has 3 aromatic rings. The summed E-state index contributed by atoms with van der Waals surface area (Å²) in [5, 5.41) is 15.6. The maximum absolute atomic E-state index is 9.82. The van der Waals surface area contributed by atoms with Crippen LogP contribution < -0.4 is 0 Å². The highest BCUT2D eigenvalue weighted by atomic mass is 32.1. The summed E-state index contributed by atoms with van der Waals surface area (Å²) in [5.74, 6) is 0.614. The first-order valence-electron chi connectivity index (χ1n) is 8.07. The van der Waals surface area contributed by atoms with Gasteiger partial charge in [0.25, 0.3) is 0 Å². The molecule has 1 aromatic carbocycles. The number of imidazole rings is 1. The Labute approximate surface area is 139 Å². The Morgan fingerprint density at radius 3 is 2.48 bits per heavy atom. The molecular formula is C18H21N3OS. The van der Waals surface area contributed by atoms with E-state index in [0.29, 0.717) is 5.92 Å². The van der Waals surface area contributed by atoms with E-state index in [1.165, 1.54) is 18.4 Å². The maximum Gasteiger partial charge on any atom is 0.213 e. The number of hydrogen-bond acceptors (Lipinski definition) is 4. The molecule has 0 saturated heterocycles. The Balaban J connectivity index is 1.77. The van der Waals surface area contributed by atoms with Crippen LogP contribution >= 0.6 is 11.3 Å². The number of fused-ring (bicyclic) bond motifs is 1. The first-order chi connectivity index (χ1) is 11.0. The molecule has 0 spiro atoms. The van der Waals surface area contributed by atoms with Crippen molar-refractivity contribution >= 4 is 16.3 Å². The molecule has 0 amide bonds. The lowest BCUT2D eigenvalue weighted by Crippen LogP contribution is -2.10. The van der Waals surface area contributed by atoms with Crippen LogP contribution in [-0.4, -0.2) is 19.7 Å². The highest BCUT2D eigenvalue weighted by Crippen LogP contribution is 2.42. The maximum atomic E-state index is 9.82. The summed E-state index contributed by atoms with van der Waals surface area (Å²) >= 11 is 1.65. The van der Waals surface area contributed by atoms with Crippen molar-refractivity contribution in [3.8, 4) is 11.3 Å². The van der Waals surface area contributed by atoms with Crippen molar-refractivity contribution in [1.29, 1.82) is 0 Å². The van der Waals surface area contributed by atoms with Crippen molar-refractivity contribution in [3.63, 3.8) is 0 Å². The molecule has 23 heavy (non-hydrogen) atoms. The molecule has 1 N–H and O–H groups in total. The lowest BCUT2D eigenvalue weighted by molar-refractivity contribution is 0.275. The van der Waals surface area contributed by atoms with Crippen LogP contribution in [0.1, 0.15) is 55.8 Å². The van der Waals surface area contributed by atoms with Crippen molar-refractivity contribution in [2.45, 2.75) is 51.6 Å². The molecule has 1 fully saturated rings. The minimum Gasteiger partial charge on any atom is -0.390 e. The van der Waals surface area contributed by atoms with Gasteiger partial charge in [-0.3, -0.25) is 0 Å². The van der Waals surface area contributed by atoms with E-state index < -0.39 is 0 Å². The third-order valence-corrected chi connectivity index (χ3v) is 5.48. The number of benzene rings is 1. The van der Waals surface area contributed by atoms with Crippen LogP contribution in [0.15, 0.2) is 24.3 Å². The molecule has 4 nitrogen and oxygen atoms in total. The molecular weight excluding hydrogens is 306 g/mol. The van der Waals surface area contributed by atoms with Gasteiger partial charge in [0.15, 0.2) is 0 Å². The fourth-order valence-corrected chi connectivity index (χ4v) is 3.89. The van der Waals surface area contributed by atoms with Gasteiger partial charge < -0.3 is 5.11 Å². The number of nitrogens with zero attached hydrogens (tertiary/aromatic N) is 3. The second-order valence-corrected chi connectivity index (χ2v) is 8.29. The average Bonchev–Trinajstić information content (AvgIpc) is 3.19. The highest BCUT2D eigenvalue weighted by Gasteiger charge is 2.29. The third kappa shape index (κ3) is 2.58. The number of hydrogen-bond donors (Lipinski definition) is 1. The normalized spacial score (nSPS) is 15.5. The molecule has 2 aromatic heterocycles. The van der Waals surface area contributed by atoms with Crippen molar-refractivity contribution in [1.82, 2.24) is 14.6 Å². The third-order valence-electron chi connectivity index (χ3n) is 4.41. The van der Waals surface area contributed by atoms with Gasteiger partial charge in [-0.15, -0.1) is 0 Å². The summed E-state index contributed by atoms with van der Waals surface area (Å²) in [6.45, 7) is 6.57. The molecule has 5 heteroatoms. The molecule has 1 aliphatic rings. The van der Waals surface area contributed by atoms with E-state index >= 15 is 0 Å². The molecule has 1 aliphatic carbocycles. The van der Waals surface area contributed by atoms with Gasteiger partial charge in [0, 0.05) is 11.5 Å². The Kier molecular flexibility index (Phi) is 3.32. The molecule has 0 radical (unpaired) electrons.